The van der Waals surface area contributed by atoms with E-state index in [2.05, 4.69) is 25.7 Å². The Balaban J connectivity index is 2.33. The molecule has 0 aromatic carbocycles. The van der Waals surface area contributed by atoms with Crippen molar-refractivity contribution in [1.29, 1.82) is 0 Å². The quantitative estimate of drug-likeness (QED) is 0.723. The van der Waals surface area contributed by atoms with E-state index in [0.29, 0.717) is 12.0 Å². The standard InChI is InChI=1S/C15H29NO2/c1-6-18-14(17)12(2)11-16-9-7-13(8-10-16)15(3,4)5/h12-13H,6-11H2,1-5H3. The molecule has 0 amide bonds. The monoisotopic (exact) mass is 255 g/mol. The van der Waals surface area contributed by atoms with E-state index in [1.165, 1.54) is 12.8 Å². The second kappa shape index (κ2) is 6.55. The Hall–Kier alpha value is -0.570. The zero-order valence-corrected chi connectivity index (χ0v) is 12.7. The average molecular weight is 255 g/mol. The first-order valence-corrected chi connectivity index (χ1v) is 7.23. The molecular weight excluding hydrogens is 226 g/mol. The molecule has 1 aliphatic rings. The summed E-state index contributed by atoms with van der Waals surface area (Å²) in [5.74, 6) is 0.748. The molecular formula is C15H29NO2. The van der Waals surface area contributed by atoms with Crippen LogP contribution in [-0.4, -0.2) is 37.1 Å². The van der Waals surface area contributed by atoms with Crippen LogP contribution in [0.2, 0.25) is 0 Å². The summed E-state index contributed by atoms with van der Waals surface area (Å²) in [6.45, 7) is 14.4. The van der Waals surface area contributed by atoms with E-state index < -0.39 is 0 Å². The number of esters is 1. The zero-order valence-electron chi connectivity index (χ0n) is 12.7. The minimum absolute atomic E-state index is 0.00358. The van der Waals surface area contributed by atoms with Gasteiger partial charge in [0.1, 0.15) is 0 Å². The molecule has 0 spiro atoms. The fraction of sp³-hybridized carbons (Fsp3) is 0.933. The second-order valence-corrected chi connectivity index (χ2v) is 6.59. The van der Waals surface area contributed by atoms with Gasteiger partial charge in [-0.25, -0.2) is 0 Å². The highest BCUT2D eigenvalue weighted by Crippen LogP contribution is 2.34. The second-order valence-electron chi connectivity index (χ2n) is 6.59. The molecule has 0 radical (unpaired) electrons. The Kier molecular flexibility index (Phi) is 5.64. The lowest BCUT2D eigenvalue weighted by atomic mass is 9.75. The molecule has 1 rings (SSSR count). The third-order valence-electron chi connectivity index (χ3n) is 4.03. The van der Waals surface area contributed by atoms with E-state index >= 15 is 0 Å². The van der Waals surface area contributed by atoms with Crippen LogP contribution in [0.1, 0.15) is 47.5 Å². The van der Waals surface area contributed by atoms with E-state index in [0.717, 1.165) is 25.6 Å². The Morgan fingerprint density at radius 1 is 1.33 bits per heavy atom. The number of piperidine rings is 1. The van der Waals surface area contributed by atoms with Crippen LogP contribution < -0.4 is 0 Å². The maximum Gasteiger partial charge on any atom is 0.309 e. The Labute approximate surface area is 112 Å². The van der Waals surface area contributed by atoms with Gasteiger partial charge in [-0.05, 0) is 44.2 Å². The van der Waals surface area contributed by atoms with Crippen molar-refractivity contribution in [3.05, 3.63) is 0 Å². The van der Waals surface area contributed by atoms with Gasteiger partial charge in [-0.2, -0.15) is 0 Å². The van der Waals surface area contributed by atoms with E-state index in [9.17, 15) is 4.79 Å². The van der Waals surface area contributed by atoms with Gasteiger partial charge in [0.15, 0.2) is 0 Å². The van der Waals surface area contributed by atoms with Gasteiger partial charge in [-0.15, -0.1) is 0 Å². The highest BCUT2D eigenvalue weighted by molar-refractivity contribution is 5.72. The summed E-state index contributed by atoms with van der Waals surface area (Å²) in [4.78, 5) is 14.0. The molecule has 1 saturated heterocycles. The lowest BCUT2D eigenvalue weighted by molar-refractivity contribution is -0.148. The van der Waals surface area contributed by atoms with Gasteiger partial charge < -0.3 is 9.64 Å². The SMILES string of the molecule is CCOC(=O)C(C)CN1CCC(C(C)(C)C)CC1. The fourth-order valence-electron chi connectivity index (χ4n) is 2.73. The number of likely N-dealkylation sites (tertiary alicyclic amines) is 1. The number of carbonyl (C=O) groups excluding carboxylic acids is 1. The van der Waals surface area contributed by atoms with Crippen LogP contribution in [0.15, 0.2) is 0 Å². The van der Waals surface area contributed by atoms with Crippen molar-refractivity contribution in [3.63, 3.8) is 0 Å². The van der Waals surface area contributed by atoms with Crippen LogP contribution in [0, 0.1) is 17.3 Å². The molecule has 1 atom stereocenters. The first-order valence-electron chi connectivity index (χ1n) is 7.23. The van der Waals surface area contributed by atoms with Gasteiger partial charge in [0.2, 0.25) is 0 Å². The summed E-state index contributed by atoms with van der Waals surface area (Å²) in [6, 6.07) is 0. The molecule has 0 bridgehead atoms. The number of hydrogen-bond donors (Lipinski definition) is 0. The van der Waals surface area contributed by atoms with Crippen LogP contribution in [0.4, 0.5) is 0 Å². The first-order chi connectivity index (χ1) is 8.34. The molecule has 3 nitrogen and oxygen atoms in total. The molecule has 1 fully saturated rings. The Morgan fingerprint density at radius 3 is 2.33 bits per heavy atom. The molecule has 0 saturated carbocycles. The van der Waals surface area contributed by atoms with Crippen molar-refractivity contribution in [2.24, 2.45) is 17.3 Å². The summed E-state index contributed by atoms with van der Waals surface area (Å²) in [6.07, 6.45) is 2.50. The predicted molar refractivity (Wildman–Crippen MR) is 74.4 cm³/mol. The summed E-state index contributed by atoms with van der Waals surface area (Å²) in [5.41, 5.74) is 0.416. The lowest BCUT2D eigenvalue weighted by Crippen LogP contribution is -2.41. The molecule has 18 heavy (non-hydrogen) atoms. The summed E-state index contributed by atoms with van der Waals surface area (Å²) >= 11 is 0. The van der Waals surface area contributed by atoms with Gasteiger partial charge in [-0.1, -0.05) is 27.7 Å². The van der Waals surface area contributed by atoms with Crippen molar-refractivity contribution >= 4 is 5.97 Å². The Morgan fingerprint density at radius 2 is 1.89 bits per heavy atom. The van der Waals surface area contributed by atoms with E-state index in [1.807, 2.05) is 13.8 Å². The maximum atomic E-state index is 11.6. The molecule has 106 valence electrons. The number of carbonyl (C=O) groups is 1. The smallest absolute Gasteiger partial charge is 0.309 e. The van der Waals surface area contributed by atoms with Crippen LogP contribution >= 0.6 is 0 Å². The third-order valence-corrected chi connectivity index (χ3v) is 4.03. The minimum Gasteiger partial charge on any atom is -0.466 e. The topological polar surface area (TPSA) is 29.5 Å². The molecule has 0 N–H and O–H groups in total. The molecule has 0 aliphatic carbocycles. The van der Waals surface area contributed by atoms with Gasteiger partial charge in [0.25, 0.3) is 0 Å². The van der Waals surface area contributed by atoms with Crippen molar-refractivity contribution in [3.8, 4) is 0 Å². The Bertz CT molecular complexity index is 262. The van der Waals surface area contributed by atoms with Crippen molar-refractivity contribution in [2.45, 2.75) is 47.5 Å². The van der Waals surface area contributed by atoms with Crippen LogP contribution in [0.3, 0.4) is 0 Å². The number of ether oxygens (including phenoxy) is 1. The number of rotatable bonds is 4. The van der Waals surface area contributed by atoms with Gasteiger partial charge in [0, 0.05) is 6.54 Å². The normalized spacial score (nSPS) is 20.7. The highest BCUT2D eigenvalue weighted by atomic mass is 16.5. The largest absolute Gasteiger partial charge is 0.466 e. The third kappa shape index (κ3) is 4.60. The van der Waals surface area contributed by atoms with Gasteiger partial charge >= 0.3 is 5.97 Å². The first kappa shape index (κ1) is 15.5. The molecule has 1 unspecified atom stereocenters. The van der Waals surface area contributed by atoms with E-state index in [-0.39, 0.29) is 11.9 Å². The molecule has 0 aromatic heterocycles. The maximum absolute atomic E-state index is 11.6. The lowest BCUT2D eigenvalue weighted by Gasteiger charge is -2.39. The molecule has 0 aromatic rings. The predicted octanol–water partition coefficient (Wildman–Crippen LogP) is 2.94. The average Bonchev–Trinajstić information content (AvgIpc) is 2.28. The summed E-state index contributed by atoms with van der Waals surface area (Å²) in [7, 11) is 0. The summed E-state index contributed by atoms with van der Waals surface area (Å²) < 4.78 is 5.05. The molecule has 1 aliphatic heterocycles. The minimum atomic E-state index is -0.0598. The van der Waals surface area contributed by atoms with E-state index in [1.54, 1.807) is 0 Å². The van der Waals surface area contributed by atoms with Crippen molar-refractivity contribution < 1.29 is 9.53 Å². The summed E-state index contributed by atoms with van der Waals surface area (Å²) in [5, 5.41) is 0. The number of nitrogens with zero attached hydrogens (tertiary/aromatic N) is 1. The van der Waals surface area contributed by atoms with Gasteiger partial charge in [0.05, 0.1) is 12.5 Å². The van der Waals surface area contributed by atoms with Crippen LogP contribution in [-0.2, 0) is 9.53 Å². The van der Waals surface area contributed by atoms with Crippen LogP contribution in [0.25, 0.3) is 0 Å². The molecule has 1 heterocycles. The highest BCUT2D eigenvalue weighted by Gasteiger charge is 2.29. The number of hydrogen-bond acceptors (Lipinski definition) is 3. The van der Waals surface area contributed by atoms with E-state index in [4.69, 9.17) is 4.74 Å². The zero-order chi connectivity index (χ0) is 13.8. The fourth-order valence-corrected chi connectivity index (χ4v) is 2.73. The van der Waals surface area contributed by atoms with Crippen molar-refractivity contribution in [1.82, 2.24) is 4.90 Å². The molecule has 3 heteroatoms. The van der Waals surface area contributed by atoms with Crippen molar-refractivity contribution in [2.75, 3.05) is 26.2 Å². The van der Waals surface area contributed by atoms with Crippen LogP contribution in [0.5, 0.6) is 0 Å². The van der Waals surface area contributed by atoms with Gasteiger partial charge in [-0.3, -0.25) is 4.79 Å².